The Morgan fingerprint density at radius 2 is 0.774 bits per heavy atom. The number of rotatable bonds is 41. The van der Waals surface area contributed by atoms with Crippen molar-refractivity contribution < 1.29 is 20.1 Å². The number of aliphatic hydroxyl groups excluding tert-OH is 3. The van der Waals surface area contributed by atoms with Gasteiger partial charge in [0.1, 0.15) is 6.10 Å². The molecule has 5 nitrogen and oxygen atoms in total. The molecule has 0 bridgehead atoms. The van der Waals surface area contributed by atoms with Crippen molar-refractivity contribution in [3.8, 4) is 0 Å². The van der Waals surface area contributed by atoms with Gasteiger partial charge in [-0.05, 0) is 70.6 Å². The second-order valence-corrected chi connectivity index (χ2v) is 15.6. The lowest BCUT2D eigenvalue weighted by molar-refractivity contribution is -0.131. The van der Waals surface area contributed by atoms with E-state index in [2.05, 4.69) is 55.6 Å². The zero-order valence-electron chi connectivity index (χ0n) is 35.1. The second kappa shape index (κ2) is 43.0. The zero-order chi connectivity index (χ0) is 38.7. The summed E-state index contributed by atoms with van der Waals surface area (Å²) in [6, 6.07) is -0.821. The van der Waals surface area contributed by atoms with E-state index >= 15 is 0 Å². The first-order valence-electron chi connectivity index (χ1n) is 23.0. The van der Waals surface area contributed by atoms with Crippen LogP contribution in [-0.4, -0.2) is 46.1 Å². The van der Waals surface area contributed by atoms with Gasteiger partial charge in [0, 0.05) is 0 Å². The molecule has 1 amide bonds. The van der Waals surface area contributed by atoms with E-state index in [9.17, 15) is 20.1 Å². The Hall–Kier alpha value is -1.69. The SMILES string of the molecule is CCCCC/C=C/CC/C=C/CC/C=C/C(O)C(CO)NC(=O)C(O)CCCCCCCCCCCC/C=C\CCCCCCCCCCCCCC. The Kier molecular flexibility index (Phi) is 41.7. The smallest absolute Gasteiger partial charge is 0.249 e. The summed E-state index contributed by atoms with van der Waals surface area (Å²) in [5, 5.41) is 33.1. The van der Waals surface area contributed by atoms with Gasteiger partial charge < -0.3 is 20.6 Å². The highest BCUT2D eigenvalue weighted by Gasteiger charge is 2.22. The summed E-state index contributed by atoms with van der Waals surface area (Å²) in [6.45, 7) is 4.13. The first-order chi connectivity index (χ1) is 26.1. The van der Waals surface area contributed by atoms with E-state index in [1.807, 2.05) is 6.08 Å². The highest BCUT2D eigenvalue weighted by molar-refractivity contribution is 5.80. The van der Waals surface area contributed by atoms with E-state index in [0.29, 0.717) is 6.42 Å². The molecule has 0 heterocycles. The van der Waals surface area contributed by atoms with Gasteiger partial charge in [-0.25, -0.2) is 0 Å². The van der Waals surface area contributed by atoms with Crippen LogP contribution in [0.5, 0.6) is 0 Å². The minimum atomic E-state index is -1.11. The fourth-order valence-electron chi connectivity index (χ4n) is 6.74. The van der Waals surface area contributed by atoms with Gasteiger partial charge >= 0.3 is 0 Å². The number of carbonyl (C=O) groups excluding carboxylic acids is 1. The maximum Gasteiger partial charge on any atom is 0.249 e. The monoisotopic (exact) mass is 744 g/mol. The quantitative estimate of drug-likeness (QED) is 0.0371. The van der Waals surface area contributed by atoms with Crippen molar-refractivity contribution in [3.63, 3.8) is 0 Å². The molecular weight excluding hydrogens is 655 g/mol. The molecule has 0 aliphatic carbocycles. The number of hydrogen-bond acceptors (Lipinski definition) is 4. The third-order valence-corrected chi connectivity index (χ3v) is 10.4. The van der Waals surface area contributed by atoms with Crippen molar-refractivity contribution in [2.75, 3.05) is 6.61 Å². The van der Waals surface area contributed by atoms with Crippen LogP contribution in [0.15, 0.2) is 48.6 Å². The molecule has 0 aliphatic rings. The van der Waals surface area contributed by atoms with Crippen LogP contribution >= 0.6 is 0 Å². The molecule has 5 heteroatoms. The average molecular weight is 744 g/mol. The second-order valence-electron chi connectivity index (χ2n) is 15.6. The topological polar surface area (TPSA) is 89.8 Å². The Morgan fingerprint density at radius 1 is 0.453 bits per heavy atom. The van der Waals surface area contributed by atoms with Crippen molar-refractivity contribution in [2.24, 2.45) is 0 Å². The lowest BCUT2D eigenvalue weighted by atomic mass is 10.0. The van der Waals surface area contributed by atoms with Crippen LogP contribution in [0.4, 0.5) is 0 Å². The third-order valence-electron chi connectivity index (χ3n) is 10.4. The van der Waals surface area contributed by atoms with Crippen LogP contribution in [0.25, 0.3) is 0 Å². The molecule has 4 N–H and O–H groups in total. The maximum absolute atomic E-state index is 12.5. The summed E-state index contributed by atoms with van der Waals surface area (Å²) in [5.74, 6) is -0.520. The molecule has 0 aromatic carbocycles. The molecule has 3 atom stereocenters. The van der Waals surface area contributed by atoms with E-state index in [-0.39, 0.29) is 6.61 Å². The molecule has 0 rings (SSSR count). The van der Waals surface area contributed by atoms with Gasteiger partial charge in [-0.2, -0.15) is 0 Å². The number of nitrogens with one attached hydrogen (secondary N) is 1. The standard InChI is InChI=1S/C48H89NO4/c1-3-5-7-9-11-13-15-17-18-19-20-21-22-23-24-25-26-27-28-29-31-33-35-37-39-41-43-47(52)48(53)49-45(44-50)46(51)42-40-38-36-34-32-30-16-14-12-10-8-6-4-2/h12,14,23-24,32,34,40,42,45-47,50-52H,3-11,13,15-22,25-31,33,35-39,41,43-44H2,1-2H3,(H,49,53)/b14-12+,24-23-,34-32+,42-40+. The van der Waals surface area contributed by atoms with Crippen LogP contribution < -0.4 is 5.32 Å². The first kappa shape index (κ1) is 51.3. The number of carbonyl (C=O) groups is 1. The van der Waals surface area contributed by atoms with E-state index < -0.39 is 24.2 Å². The van der Waals surface area contributed by atoms with E-state index in [1.54, 1.807) is 6.08 Å². The molecule has 0 aromatic heterocycles. The van der Waals surface area contributed by atoms with Gasteiger partial charge in [0.2, 0.25) is 5.91 Å². The minimum Gasteiger partial charge on any atom is -0.394 e. The molecule has 0 aliphatic heterocycles. The third kappa shape index (κ3) is 38.4. The highest BCUT2D eigenvalue weighted by Crippen LogP contribution is 2.15. The summed E-state index contributed by atoms with van der Waals surface area (Å²) >= 11 is 0. The number of allylic oxidation sites excluding steroid dienone is 7. The molecule has 0 fully saturated rings. The molecule has 0 saturated carbocycles. The maximum atomic E-state index is 12.5. The van der Waals surface area contributed by atoms with E-state index in [1.165, 1.54) is 161 Å². The van der Waals surface area contributed by atoms with Gasteiger partial charge in [0.25, 0.3) is 0 Å². The lowest BCUT2D eigenvalue weighted by Crippen LogP contribution is -2.48. The summed E-state index contributed by atoms with van der Waals surface area (Å²) < 4.78 is 0. The number of hydrogen-bond donors (Lipinski definition) is 4. The first-order valence-corrected chi connectivity index (χ1v) is 23.0. The van der Waals surface area contributed by atoms with Crippen LogP contribution in [0, 0.1) is 0 Å². The van der Waals surface area contributed by atoms with Crippen LogP contribution in [-0.2, 0) is 4.79 Å². The average Bonchev–Trinajstić information content (AvgIpc) is 3.16. The fourth-order valence-corrected chi connectivity index (χ4v) is 6.74. The van der Waals surface area contributed by atoms with Gasteiger partial charge in [0.05, 0.1) is 18.8 Å². The fraction of sp³-hybridized carbons (Fsp3) is 0.812. The predicted molar refractivity (Wildman–Crippen MR) is 231 cm³/mol. The van der Waals surface area contributed by atoms with Crippen molar-refractivity contribution in [1.82, 2.24) is 5.32 Å². The van der Waals surface area contributed by atoms with Gasteiger partial charge in [0.15, 0.2) is 0 Å². The lowest BCUT2D eigenvalue weighted by Gasteiger charge is -2.21. The molecule has 3 unspecified atom stereocenters. The van der Waals surface area contributed by atoms with Crippen LogP contribution in [0.1, 0.15) is 226 Å². The summed E-state index contributed by atoms with van der Waals surface area (Å²) in [6.07, 6.45) is 55.9. The molecule has 53 heavy (non-hydrogen) atoms. The summed E-state index contributed by atoms with van der Waals surface area (Å²) in [5.41, 5.74) is 0. The number of unbranched alkanes of at least 4 members (excludes halogenated alkanes) is 27. The van der Waals surface area contributed by atoms with Gasteiger partial charge in [-0.15, -0.1) is 0 Å². The molecule has 0 radical (unpaired) electrons. The Balaban J connectivity index is 3.64. The molecule has 310 valence electrons. The molecule has 0 spiro atoms. The largest absolute Gasteiger partial charge is 0.394 e. The van der Waals surface area contributed by atoms with Crippen molar-refractivity contribution in [2.45, 2.75) is 244 Å². The number of aliphatic hydroxyl groups is 3. The van der Waals surface area contributed by atoms with Crippen molar-refractivity contribution in [3.05, 3.63) is 48.6 Å². The summed E-state index contributed by atoms with van der Waals surface area (Å²) in [4.78, 5) is 12.5. The highest BCUT2D eigenvalue weighted by atomic mass is 16.3. The predicted octanol–water partition coefficient (Wildman–Crippen LogP) is 13.3. The molecule has 0 saturated heterocycles. The van der Waals surface area contributed by atoms with Crippen LogP contribution in [0.2, 0.25) is 0 Å². The minimum absolute atomic E-state index is 0.383. The van der Waals surface area contributed by atoms with Crippen molar-refractivity contribution in [1.29, 1.82) is 0 Å². The van der Waals surface area contributed by atoms with E-state index in [0.717, 1.165) is 44.9 Å². The Morgan fingerprint density at radius 3 is 1.19 bits per heavy atom. The zero-order valence-corrected chi connectivity index (χ0v) is 35.1. The summed E-state index contributed by atoms with van der Waals surface area (Å²) in [7, 11) is 0. The van der Waals surface area contributed by atoms with Gasteiger partial charge in [-0.1, -0.05) is 204 Å². The number of amides is 1. The molecule has 0 aromatic rings. The van der Waals surface area contributed by atoms with E-state index in [4.69, 9.17) is 0 Å². The Labute approximate surface area is 329 Å². The van der Waals surface area contributed by atoms with Gasteiger partial charge in [-0.3, -0.25) is 4.79 Å². The Bertz CT molecular complexity index is 866. The normalized spacial score (nSPS) is 14.0. The van der Waals surface area contributed by atoms with Crippen LogP contribution in [0.3, 0.4) is 0 Å². The molecular formula is C48H89NO4. The van der Waals surface area contributed by atoms with Crippen molar-refractivity contribution >= 4 is 5.91 Å².